The van der Waals surface area contributed by atoms with Gasteiger partial charge in [0.2, 0.25) is 5.91 Å². The van der Waals surface area contributed by atoms with E-state index in [-0.39, 0.29) is 17.7 Å². The molecule has 0 aliphatic carbocycles. The Kier molecular flexibility index (Phi) is 7.36. The Balaban J connectivity index is 2.07. The second kappa shape index (κ2) is 9.73. The molecule has 2 rings (SSSR count). The van der Waals surface area contributed by atoms with Crippen LogP contribution in [0.15, 0.2) is 48.5 Å². The van der Waals surface area contributed by atoms with Crippen molar-refractivity contribution in [1.82, 2.24) is 5.32 Å². The van der Waals surface area contributed by atoms with E-state index in [1.54, 1.807) is 24.3 Å². The Morgan fingerprint density at radius 3 is 2.42 bits per heavy atom. The number of rotatable bonds is 8. The van der Waals surface area contributed by atoms with Crippen molar-refractivity contribution >= 4 is 17.5 Å². The van der Waals surface area contributed by atoms with E-state index in [9.17, 15) is 9.59 Å². The Morgan fingerprint density at radius 1 is 1.08 bits per heavy atom. The van der Waals surface area contributed by atoms with Gasteiger partial charge in [-0.1, -0.05) is 48.9 Å². The minimum atomic E-state index is -0.239. The van der Waals surface area contributed by atoms with Gasteiger partial charge in [0.25, 0.3) is 5.91 Å². The van der Waals surface area contributed by atoms with E-state index in [0.717, 1.165) is 12.0 Å². The Labute approximate surface area is 155 Å². The third-order valence-electron chi connectivity index (χ3n) is 4.35. The van der Waals surface area contributed by atoms with Gasteiger partial charge in [-0.2, -0.15) is 0 Å². The lowest BCUT2D eigenvalue weighted by Gasteiger charge is -2.16. The fourth-order valence-electron chi connectivity index (χ4n) is 2.83. The molecule has 26 heavy (non-hydrogen) atoms. The zero-order valence-electron chi connectivity index (χ0n) is 15.4. The summed E-state index contributed by atoms with van der Waals surface area (Å²) in [7, 11) is 0. The van der Waals surface area contributed by atoms with Crippen LogP contribution < -0.4 is 16.4 Å². The summed E-state index contributed by atoms with van der Waals surface area (Å²) >= 11 is 0. The van der Waals surface area contributed by atoms with Crippen molar-refractivity contribution in [3.8, 4) is 0 Å². The number of benzene rings is 2. The number of nitrogens with two attached hydrogens (primary N) is 1. The van der Waals surface area contributed by atoms with E-state index in [1.807, 2.05) is 6.92 Å². The van der Waals surface area contributed by atoms with Crippen LogP contribution in [0.2, 0.25) is 0 Å². The zero-order valence-corrected chi connectivity index (χ0v) is 15.4. The highest BCUT2D eigenvalue weighted by atomic mass is 16.2. The third kappa shape index (κ3) is 5.43. The van der Waals surface area contributed by atoms with Crippen molar-refractivity contribution in [2.75, 3.05) is 18.4 Å². The van der Waals surface area contributed by atoms with Crippen LogP contribution in [0.5, 0.6) is 0 Å². The summed E-state index contributed by atoms with van der Waals surface area (Å²) in [6.07, 6.45) is 1.24. The predicted octanol–water partition coefficient (Wildman–Crippen LogP) is 3.21. The summed E-state index contributed by atoms with van der Waals surface area (Å²) in [5, 5.41) is 5.61. The molecule has 0 fully saturated rings. The zero-order chi connectivity index (χ0) is 18.9. The molecule has 1 atom stereocenters. The van der Waals surface area contributed by atoms with Gasteiger partial charge in [-0.05, 0) is 37.0 Å². The first-order valence-electron chi connectivity index (χ1n) is 8.98. The van der Waals surface area contributed by atoms with Gasteiger partial charge < -0.3 is 16.4 Å². The molecule has 0 aliphatic rings. The predicted molar refractivity (Wildman–Crippen MR) is 105 cm³/mol. The van der Waals surface area contributed by atoms with Crippen molar-refractivity contribution in [1.29, 1.82) is 0 Å². The summed E-state index contributed by atoms with van der Waals surface area (Å²) in [6, 6.07) is 15.3. The lowest BCUT2D eigenvalue weighted by molar-refractivity contribution is -0.116. The molecular formula is C21H27N3O2. The molecule has 2 aromatic rings. The fourth-order valence-corrected chi connectivity index (χ4v) is 2.83. The van der Waals surface area contributed by atoms with E-state index >= 15 is 0 Å². The first-order valence-corrected chi connectivity index (χ1v) is 8.98. The van der Waals surface area contributed by atoms with Gasteiger partial charge in [0.15, 0.2) is 0 Å². The van der Waals surface area contributed by atoms with Crippen LogP contribution in [-0.2, 0) is 4.79 Å². The first kappa shape index (κ1) is 19.7. The topological polar surface area (TPSA) is 84.2 Å². The number of aryl methyl sites for hydroxylation is 1. The average molecular weight is 353 g/mol. The maximum atomic E-state index is 12.5. The molecule has 1 unspecified atom stereocenters. The minimum Gasteiger partial charge on any atom is -0.351 e. The van der Waals surface area contributed by atoms with Gasteiger partial charge in [-0.3, -0.25) is 9.59 Å². The highest BCUT2D eigenvalue weighted by molar-refractivity contribution is 6.03. The summed E-state index contributed by atoms with van der Waals surface area (Å²) < 4.78 is 0. The number of hydrogen-bond donors (Lipinski definition) is 3. The van der Waals surface area contributed by atoms with Crippen molar-refractivity contribution in [3.05, 3.63) is 65.2 Å². The molecule has 0 aromatic heterocycles. The second-order valence-corrected chi connectivity index (χ2v) is 6.36. The summed E-state index contributed by atoms with van der Waals surface area (Å²) in [5.41, 5.74) is 8.74. The molecule has 0 saturated heterocycles. The van der Waals surface area contributed by atoms with E-state index in [0.29, 0.717) is 30.8 Å². The van der Waals surface area contributed by atoms with Gasteiger partial charge in [-0.15, -0.1) is 0 Å². The third-order valence-corrected chi connectivity index (χ3v) is 4.35. The fraction of sp³-hybridized carbons (Fsp3) is 0.333. The summed E-state index contributed by atoms with van der Waals surface area (Å²) in [5.74, 6) is -0.192. The number of carbonyl (C=O) groups is 2. The van der Waals surface area contributed by atoms with Gasteiger partial charge in [0, 0.05) is 19.5 Å². The summed E-state index contributed by atoms with van der Waals surface area (Å²) in [6.45, 7) is 4.89. The highest BCUT2D eigenvalue weighted by Gasteiger charge is 2.17. The normalized spacial score (nSPS) is 11.7. The van der Waals surface area contributed by atoms with Crippen molar-refractivity contribution < 1.29 is 9.59 Å². The maximum absolute atomic E-state index is 12.5. The number of para-hydroxylation sites is 1. The van der Waals surface area contributed by atoms with Crippen molar-refractivity contribution in [2.45, 2.75) is 32.6 Å². The molecule has 2 aromatic carbocycles. The smallest absolute Gasteiger partial charge is 0.253 e. The van der Waals surface area contributed by atoms with E-state index in [2.05, 4.69) is 41.8 Å². The standard InChI is InChI=1S/C21H27N3O2/c1-3-16(17-10-8-15(2)9-11-17)14-20(25)24-19-7-5-4-6-18(19)21(26)23-13-12-22/h4-11,16H,3,12-14,22H2,1-2H3,(H,23,26)(H,24,25). The number of anilines is 1. The maximum Gasteiger partial charge on any atom is 0.253 e. The average Bonchev–Trinajstić information content (AvgIpc) is 2.65. The van der Waals surface area contributed by atoms with Crippen molar-refractivity contribution in [2.24, 2.45) is 5.73 Å². The molecule has 0 aliphatic heterocycles. The number of amides is 2. The van der Waals surface area contributed by atoms with Crippen LogP contribution in [0.1, 0.15) is 47.2 Å². The monoisotopic (exact) mass is 353 g/mol. The molecule has 0 bridgehead atoms. The second-order valence-electron chi connectivity index (χ2n) is 6.36. The van der Waals surface area contributed by atoms with Crippen LogP contribution >= 0.6 is 0 Å². The van der Waals surface area contributed by atoms with E-state index in [1.165, 1.54) is 5.56 Å². The summed E-state index contributed by atoms with van der Waals surface area (Å²) in [4.78, 5) is 24.8. The van der Waals surface area contributed by atoms with E-state index in [4.69, 9.17) is 5.73 Å². The van der Waals surface area contributed by atoms with Crippen LogP contribution in [0.3, 0.4) is 0 Å². The van der Waals surface area contributed by atoms with Gasteiger partial charge in [0.1, 0.15) is 0 Å². The lowest BCUT2D eigenvalue weighted by Crippen LogP contribution is -2.30. The van der Waals surface area contributed by atoms with Crippen molar-refractivity contribution in [3.63, 3.8) is 0 Å². The number of hydrogen-bond acceptors (Lipinski definition) is 3. The molecule has 5 nitrogen and oxygen atoms in total. The Morgan fingerprint density at radius 2 is 1.77 bits per heavy atom. The van der Waals surface area contributed by atoms with Crippen LogP contribution in [0.4, 0.5) is 5.69 Å². The first-order chi connectivity index (χ1) is 12.5. The molecule has 0 spiro atoms. The molecule has 4 N–H and O–H groups in total. The van der Waals surface area contributed by atoms with Gasteiger partial charge >= 0.3 is 0 Å². The molecule has 0 saturated carbocycles. The van der Waals surface area contributed by atoms with Crippen LogP contribution in [0.25, 0.3) is 0 Å². The largest absolute Gasteiger partial charge is 0.351 e. The van der Waals surface area contributed by atoms with Gasteiger partial charge in [0.05, 0.1) is 11.3 Å². The molecule has 0 radical (unpaired) electrons. The Bertz CT molecular complexity index is 741. The molecule has 0 heterocycles. The minimum absolute atomic E-state index is 0.100. The lowest BCUT2D eigenvalue weighted by atomic mass is 9.92. The Hall–Kier alpha value is -2.66. The van der Waals surface area contributed by atoms with Crippen LogP contribution in [-0.4, -0.2) is 24.9 Å². The van der Waals surface area contributed by atoms with E-state index < -0.39 is 0 Å². The number of nitrogens with one attached hydrogen (secondary N) is 2. The molecule has 138 valence electrons. The number of carbonyl (C=O) groups excluding carboxylic acids is 2. The highest BCUT2D eigenvalue weighted by Crippen LogP contribution is 2.25. The molecule has 2 amide bonds. The van der Waals surface area contributed by atoms with Crippen LogP contribution in [0, 0.1) is 6.92 Å². The van der Waals surface area contributed by atoms with Gasteiger partial charge in [-0.25, -0.2) is 0 Å². The quantitative estimate of drug-likeness (QED) is 0.681. The molecular weight excluding hydrogens is 326 g/mol. The SMILES string of the molecule is CCC(CC(=O)Nc1ccccc1C(=O)NCCN)c1ccc(C)cc1. The molecule has 5 heteroatoms.